The van der Waals surface area contributed by atoms with E-state index in [1.54, 1.807) is 6.20 Å². The molecule has 84 valence electrons. The van der Waals surface area contributed by atoms with Gasteiger partial charge in [-0.25, -0.2) is 0 Å². The van der Waals surface area contributed by atoms with E-state index in [-0.39, 0.29) is 0 Å². The van der Waals surface area contributed by atoms with Gasteiger partial charge in [0, 0.05) is 23.9 Å². The van der Waals surface area contributed by atoms with Crippen LogP contribution in [0.3, 0.4) is 0 Å². The molecule has 0 aliphatic carbocycles. The maximum absolute atomic E-state index is 8.67. The molecule has 0 radical (unpaired) electrons. The van der Waals surface area contributed by atoms with Crippen LogP contribution in [0.1, 0.15) is 5.56 Å². The van der Waals surface area contributed by atoms with E-state index in [9.17, 15) is 0 Å². The first-order valence-electron chi connectivity index (χ1n) is 5.72. The highest BCUT2D eigenvalue weighted by atomic mass is 14.6. The number of rotatable bonds is 1. The van der Waals surface area contributed by atoms with Crippen molar-refractivity contribution in [2.75, 3.05) is 0 Å². The predicted octanol–water partition coefficient (Wildman–Crippen LogP) is 3.92. The van der Waals surface area contributed by atoms with Crippen LogP contribution < -0.4 is 0 Å². The summed E-state index contributed by atoms with van der Waals surface area (Å²) in [6.45, 7) is 0. The minimum atomic E-state index is 1.06. The molecule has 3 rings (SSSR count). The molecule has 18 heavy (non-hydrogen) atoms. The number of hydrogen-bond acceptors (Lipinski definition) is 2. The van der Waals surface area contributed by atoms with Gasteiger partial charge in [0.1, 0.15) is 0 Å². The molecule has 0 saturated carbocycles. The number of benzene rings is 2. The van der Waals surface area contributed by atoms with Gasteiger partial charge in [-0.3, -0.25) is 4.98 Å². The van der Waals surface area contributed by atoms with Gasteiger partial charge in [0.05, 0.1) is 6.07 Å². The molecule has 0 unspecified atom stereocenters. The Morgan fingerprint density at radius 3 is 2.72 bits per heavy atom. The summed E-state index contributed by atoms with van der Waals surface area (Å²) >= 11 is 0. The molecule has 0 N–H and O–H groups in total. The van der Waals surface area contributed by atoms with Crippen LogP contribution in [0.5, 0.6) is 0 Å². The lowest BCUT2D eigenvalue weighted by Crippen LogP contribution is -1.83. The smallest absolute Gasteiger partial charge is 0.0912 e. The summed E-state index contributed by atoms with van der Waals surface area (Å²) in [5, 5.41) is 13.3. The Morgan fingerprint density at radius 1 is 1.06 bits per heavy atom. The largest absolute Gasteiger partial charge is 0.264 e. The Bertz CT molecular complexity index is 795. The van der Waals surface area contributed by atoms with E-state index in [2.05, 4.69) is 23.2 Å². The topological polar surface area (TPSA) is 36.7 Å². The van der Waals surface area contributed by atoms with Crippen molar-refractivity contribution < 1.29 is 0 Å². The van der Waals surface area contributed by atoms with Crippen molar-refractivity contribution in [3.8, 4) is 6.07 Å². The number of aromatic nitrogens is 1. The van der Waals surface area contributed by atoms with E-state index in [1.165, 1.54) is 11.5 Å². The summed E-state index contributed by atoms with van der Waals surface area (Å²) in [4.78, 5) is 4.18. The molecule has 0 saturated heterocycles. The number of allylic oxidation sites excluding steroid dienone is 1. The van der Waals surface area contributed by atoms with Crippen molar-refractivity contribution in [3.63, 3.8) is 0 Å². The maximum Gasteiger partial charge on any atom is 0.0912 e. The number of pyridine rings is 1. The second kappa shape index (κ2) is 4.31. The standard InChI is InChI=1S/C16H10N2/c17-8-3-4-12-10-13-7-9-18-11-16(13)15-6-2-1-5-14(12)15/h1-7,9-11H/b4-3+. The number of fused-ring (bicyclic) bond motifs is 3. The van der Waals surface area contributed by atoms with E-state index in [0.29, 0.717) is 0 Å². The van der Waals surface area contributed by atoms with Crippen LogP contribution in [0, 0.1) is 11.3 Å². The fourth-order valence-corrected chi connectivity index (χ4v) is 2.24. The zero-order chi connectivity index (χ0) is 12.4. The van der Waals surface area contributed by atoms with Gasteiger partial charge in [0.25, 0.3) is 0 Å². The molecule has 0 aliphatic heterocycles. The van der Waals surface area contributed by atoms with Crippen LogP contribution in [0.25, 0.3) is 27.6 Å². The minimum Gasteiger partial charge on any atom is -0.264 e. The minimum absolute atomic E-state index is 1.06. The summed E-state index contributed by atoms with van der Waals surface area (Å²) in [6, 6.07) is 14.3. The zero-order valence-corrected chi connectivity index (χ0v) is 9.67. The van der Waals surface area contributed by atoms with Gasteiger partial charge in [0.2, 0.25) is 0 Å². The monoisotopic (exact) mass is 230 g/mol. The highest BCUT2D eigenvalue weighted by molar-refractivity contribution is 6.10. The van der Waals surface area contributed by atoms with Crippen LogP contribution in [0.2, 0.25) is 0 Å². The number of nitrogens with zero attached hydrogens (tertiary/aromatic N) is 2. The molecule has 1 heterocycles. The molecule has 0 bridgehead atoms. The second-order valence-corrected chi connectivity index (χ2v) is 4.07. The lowest BCUT2D eigenvalue weighted by atomic mass is 9.98. The third-order valence-corrected chi connectivity index (χ3v) is 3.03. The molecule has 0 atom stereocenters. The van der Waals surface area contributed by atoms with Crippen molar-refractivity contribution in [3.05, 3.63) is 60.4 Å². The summed E-state index contributed by atoms with van der Waals surface area (Å²) in [5.41, 5.74) is 1.06. The van der Waals surface area contributed by atoms with Crippen LogP contribution >= 0.6 is 0 Å². The molecule has 1 aromatic heterocycles. The highest BCUT2D eigenvalue weighted by Gasteiger charge is 2.03. The molecular formula is C16H10N2. The fourth-order valence-electron chi connectivity index (χ4n) is 2.24. The second-order valence-electron chi connectivity index (χ2n) is 4.07. The van der Waals surface area contributed by atoms with Gasteiger partial charge >= 0.3 is 0 Å². The summed E-state index contributed by atoms with van der Waals surface area (Å²) < 4.78 is 0. The van der Waals surface area contributed by atoms with Gasteiger partial charge in [-0.05, 0) is 39.9 Å². The average Bonchev–Trinajstić information content (AvgIpc) is 2.45. The lowest BCUT2D eigenvalue weighted by molar-refractivity contribution is 1.37. The van der Waals surface area contributed by atoms with E-state index in [1.807, 2.05) is 36.5 Å². The normalized spacial score (nSPS) is 11.1. The van der Waals surface area contributed by atoms with Crippen molar-refractivity contribution in [2.45, 2.75) is 0 Å². The van der Waals surface area contributed by atoms with Crippen LogP contribution in [0.15, 0.2) is 54.9 Å². The van der Waals surface area contributed by atoms with Gasteiger partial charge in [0.15, 0.2) is 0 Å². The molecule has 0 fully saturated rings. The van der Waals surface area contributed by atoms with Crippen LogP contribution in [0.4, 0.5) is 0 Å². The van der Waals surface area contributed by atoms with Crippen molar-refractivity contribution in [1.29, 1.82) is 5.26 Å². The Hall–Kier alpha value is -2.66. The third-order valence-electron chi connectivity index (χ3n) is 3.03. The van der Waals surface area contributed by atoms with Gasteiger partial charge < -0.3 is 0 Å². The molecule has 2 aromatic carbocycles. The SMILES string of the molecule is N#C/C=C/c1cc2ccncc2c2ccccc12. The summed E-state index contributed by atoms with van der Waals surface area (Å²) in [6.07, 6.45) is 7.03. The van der Waals surface area contributed by atoms with Crippen molar-refractivity contribution in [1.82, 2.24) is 4.98 Å². The highest BCUT2D eigenvalue weighted by Crippen LogP contribution is 2.28. The fraction of sp³-hybridized carbons (Fsp3) is 0. The maximum atomic E-state index is 8.67. The molecule has 2 nitrogen and oxygen atoms in total. The van der Waals surface area contributed by atoms with Crippen LogP contribution in [-0.2, 0) is 0 Å². The van der Waals surface area contributed by atoms with Crippen LogP contribution in [-0.4, -0.2) is 4.98 Å². The van der Waals surface area contributed by atoms with Gasteiger partial charge in [-0.15, -0.1) is 0 Å². The summed E-state index contributed by atoms with van der Waals surface area (Å²) in [5.74, 6) is 0. The number of nitriles is 1. The van der Waals surface area contributed by atoms with Crippen molar-refractivity contribution >= 4 is 27.6 Å². The first-order valence-corrected chi connectivity index (χ1v) is 5.72. The Labute approximate surface area is 105 Å². The Morgan fingerprint density at radius 2 is 1.89 bits per heavy atom. The molecule has 3 aromatic rings. The zero-order valence-electron chi connectivity index (χ0n) is 9.67. The van der Waals surface area contributed by atoms with Crippen molar-refractivity contribution in [2.24, 2.45) is 0 Å². The first-order chi connectivity index (χ1) is 8.90. The average molecular weight is 230 g/mol. The molecule has 2 heteroatoms. The summed E-state index contributed by atoms with van der Waals surface area (Å²) in [7, 11) is 0. The Kier molecular flexibility index (Phi) is 2.51. The van der Waals surface area contributed by atoms with E-state index < -0.39 is 0 Å². The Balaban J connectivity index is 2.47. The molecule has 0 amide bonds. The predicted molar refractivity (Wildman–Crippen MR) is 73.9 cm³/mol. The first kappa shape index (κ1) is 10.5. The quantitative estimate of drug-likeness (QED) is 0.469. The molecular weight excluding hydrogens is 220 g/mol. The van der Waals surface area contributed by atoms with Gasteiger partial charge in [-0.1, -0.05) is 24.3 Å². The number of hydrogen-bond donors (Lipinski definition) is 0. The lowest BCUT2D eigenvalue weighted by Gasteiger charge is -2.06. The van der Waals surface area contributed by atoms with E-state index in [4.69, 9.17) is 5.26 Å². The van der Waals surface area contributed by atoms with E-state index >= 15 is 0 Å². The molecule has 0 spiro atoms. The molecule has 0 aliphatic rings. The third kappa shape index (κ3) is 1.63. The van der Waals surface area contributed by atoms with E-state index in [0.717, 1.165) is 21.7 Å². The van der Waals surface area contributed by atoms with Gasteiger partial charge in [-0.2, -0.15) is 5.26 Å².